The number of hydrogen-bond donors (Lipinski definition) is 1. The molecule has 0 bridgehead atoms. The molecule has 0 radical (unpaired) electrons. The van der Waals surface area contributed by atoms with E-state index in [1.54, 1.807) is 6.20 Å². The van der Waals surface area contributed by atoms with E-state index in [2.05, 4.69) is 11.1 Å². The summed E-state index contributed by atoms with van der Waals surface area (Å²) < 4.78 is 5.44. The first-order valence-electron chi connectivity index (χ1n) is 4.51. The molecule has 3 heteroatoms. The second-order valence-corrected chi connectivity index (χ2v) is 3.19. The van der Waals surface area contributed by atoms with Gasteiger partial charge in [0.2, 0.25) is 5.89 Å². The highest BCUT2D eigenvalue weighted by Gasteiger charge is 2.04. The molecule has 0 atom stereocenters. The Bertz CT molecular complexity index is 434. The van der Waals surface area contributed by atoms with Crippen LogP contribution in [0, 0.1) is 6.92 Å². The number of benzene rings is 1. The molecule has 0 aliphatic carbocycles. The first kappa shape index (κ1) is 8.97. The SMILES string of the molecule is Cc1cccc(-c2cnc(CN)o2)c1. The van der Waals surface area contributed by atoms with Crippen LogP contribution in [0.15, 0.2) is 34.9 Å². The molecular formula is C11H12N2O. The second-order valence-electron chi connectivity index (χ2n) is 3.19. The van der Waals surface area contributed by atoms with E-state index in [-0.39, 0.29) is 0 Å². The minimum absolute atomic E-state index is 0.339. The van der Waals surface area contributed by atoms with E-state index in [4.69, 9.17) is 10.2 Å². The number of hydrogen-bond acceptors (Lipinski definition) is 3. The van der Waals surface area contributed by atoms with Gasteiger partial charge in [-0.25, -0.2) is 4.98 Å². The molecule has 0 unspecified atom stereocenters. The summed E-state index contributed by atoms with van der Waals surface area (Å²) in [5, 5.41) is 0. The molecule has 0 fully saturated rings. The Kier molecular flexibility index (Phi) is 2.33. The summed E-state index contributed by atoms with van der Waals surface area (Å²) >= 11 is 0. The summed E-state index contributed by atoms with van der Waals surface area (Å²) in [6.07, 6.45) is 1.71. The highest BCUT2D eigenvalue weighted by atomic mass is 16.4. The lowest BCUT2D eigenvalue weighted by Crippen LogP contribution is -1.94. The van der Waals surface area contributed by atoms with Crippen LogP contribution in [-0.4, -0.2) is 4.98 Å². The van der Waals surface area contributed by atoms with E-state index >= 15 is 0 Å². The molecule has 1 aromatic heterocycles. The number of nitrogens with zero attached hydrogens (tertiary/aromatic N) is 1. The Morgan fingerprint density at radius 3 is 2.93 bits per heavy atom. The average Bonchev–Trinajstić information content (AvgIpc) is 2.66. The monoisotopic (exact) mass is 188 g/mol. The standard InChI is InChI=1S/C11H12N2O/c1-8-3-2-4-9(5-8)10-7-13-11(6-12)14-10/h2-5,7H,6,12H2,1H3. The number of aryl methyl sites for hydroxylation is 1. The van der Waals surface area contributed by atoms with Crippen LogP contribution in [0.25, 0.3) is 11.3 Å². The van der Waals surface area contributed by atoms with Crippen molar-refractivity contribution in [1.82, 2.24) is 4.98 Å². The third-order valence-corrected chi connectivity index (χ3v) is 2.03. The summed E-state index contributed by atoms with van der Waals surface area (Å²) in [6.45, 7) is 2.38. The van der Waals surface area contributed by atoms with Gasteiger partial charge in [0.25, 0.3) is 0 Å². The van der Waals surface area contributed by atoms with Crippen LogP contribution in [0.1, 0.15) is 11.5 Å². The molecule has 0 saturated carbocycles. The van der Waals surface area contributed by atoms with Crippen LogP contribution < -0.4 is 5.73 Å². The zero-order valence-corrected chi connectivity index (χ0v) is 8.03. The number of aromatic nitrogens is 1. The van der Waals surface area contributed by atoms with E-state index in [0.717, 1.165) is 11.3 Å². The summed E-state index contributed by atoms with van der Waals surface area (Å²) in [4.78, 5) is 4.05. The number of oxazole rings is 1. The van der Waals surface area contributed by atoms with Crippen LogP contribution in [0.2, 0.25) is 0 Å². The minimum atomic E-state index is 0.339. The minimum Gasteiger partial charge on any atom is -0.439 e. The lowest BCUT2D eigenvalue weighted by atomic mass is 10.1. The maximum absolute atomic E-state index is 5.44. The third-order valence-electron chi connectivity index (χ3n) is 2.03. The fourth-order valence-corrected chi connectivity index (χ4v) is 1.34. The van der Waals surface area contributed by atoms with Gasteiger partial charge in [-0.3, -0.25) is 0 Å². The molecule has 0 aliphatic heterocycles. The van der Waals surface area contributed by atoms with E-state index in [0.29, 0.717) is 12.4 Å². The molecule has 2 N–H and O–H groups in total. The molecule has 72 valence electrons. The van der Waals surface area contributed by atoms with Gasteiger partial charge in [0.05, 0.1) is 12.7 Å². The van der Waals surface area contributed by atoms with Gasteiger partial charge in [-0.05, 0) is 13.0 Å². The van der Waals surface area contributed by atoms with Gasteiger partial charge < -0.3 is 10.2 Å². The molecule has 0 amide bonds. The maximum Gasteiger partial charge on any atom is 0.208 e. The Hall–Kier alpha value is -1.61. The van der Waals surface area contributed by atoms with Gasteiger partial charge >= 0.3 is 0 Å². The van der Waals surface area contributed by atoms with E-state index in [1.807, 2.05) is 25.1 Å². The largest absolute Gasteiger partial charge is 0.439 e. The Morgan fingerprint density at radius 1 is 1.43 bits per heavy atom. The third kappa shape index (κ3) is 1.67. The van der Waals surface area contributed by atoms with Crippen molar-refractivity contribution in [2.24, 2.45) is 5.73 Å². The van der Waals surface area contributed by atoms with Crippen molar-refractivity contribution >= 4 is 0 Å². The number of nitrogens with two attached hydrogens (primary N) is 1. The summed E-state index contributed by atoms with van der Waals surface area (Å²) in [7, 11) is 0. The summed E-state index contributed by atoms with van der Waals surface area (Å²) in [6, 6.07) is 8.09. The van der Waals surface area contributed by atoms with Crippen LogP contribution in [0.5, 0.6) is 0 Å². The van der Waals surface area contributed by atoms with Crippen LogP contribution in [0.3, 0.4) is 0 Å². The van der Waals surface area contributed by atoms with Crippen molar-refractivity contribution in [3.05, 3.63) is 41.9 Å². The Morgan fingerprint density at radius 2 is 2.29 bits per heavy atom. The quantitative estimate of drug-likeness (QED) is 0.785. The van der Waals surface area contributed by atoms with Crippen molar-refractivity contribution in [3.8, 4) is 11.3 Å². The molecule has 14 heavy (non-hydrogen) atoms. The zero-order chi connectivity index (χ0) is 9.97. The van der Waals surface area contributed by atoms with Crippen LogP contribution >= 0.6 is 0 Å². The van der Waals surface area contributed by atoms with Gasteiger partial charge in [-0.2, -0.15) is 0 Å². The first-order chi connectivity index (χ1) is 6.79. The smallest absolute Gasteiger partial charge is 0.208 e. The molecular weight excluding hydrogens is 176 g/mol. The van der Waals surface area contributed by atoms with Gasteiger partial charge in [0.1, 0.15) is 0 Å². The lowest BCUT2D eigenvalue weighted by Gasteiger charge is -1.96. The average molecular weight is 188 g/mol. The van der Waals surface area contributed by atoms with E-state index in [1.165, 1.54) is 5.56 Å². The van der Waals surface area contributed by atoms with Crippen molar-refractivity contribution in [3.63, 3.8) is 0 Å². The normalized spacial score (nSPS) is 10.4. The van der Waals surface area contributed by atoms with Crippen LogP contribution in [-0.2, 0) is 6.54 Å². The molecule has 1 aromatic carbocycles. The van der Waals surface area contributed by atoms with Gasteiger partial charge in [-0.1, -0.05) is 23.8 Å². The predicted octanol–water partition coefficient (Wildman–Crippen LogP) is 2.11. The Balaban J connectivity index is 2.39. The highest BCUT2D eigenvalue weighted by molar-refractivity contribution is 5.57. The fraction of sp³-hybridized carbons (Fsp3) is 0.182. The zero-order valence-electron chi connectivity index (χ0n) is 8.03. The number of rotatable bonds is 2. The topological polar surface area (TPSA) is 52.0 Å². The van der Waals surface area contributed by atoms with E-state index in [9.17, 15) is 0 Å². The predicted molar refractivity (Wildman–Crippen MR) is 54.6 cm³/mol. The highest BCUT2D eigenvalue weighted by Crippen LogP contribution is 2.20. The van der Waals surface area contributed by atoms with Crippen molar-refractivity contribution in [1.29, 1.82) is 0 Å². The van der Waals surface area contributed by atoms with Gasteiger partial charge in [-0.15, -0.1) is 0 Å². The van der Waals surface area contributed by atoms with Crippen molar-refractivity contribution < 1.29 is 4.42 Å². The molecule has 1 heterocycles. The van der Waals surface area contributed by atoms with E-state index < -0.39 is 0 Å². The van der Waals surface area contributed by atoms with Gasteiger partial charge in [0, 0.05) is 5.56 Å². The fourth-order valence-electron chi connectivity index (χ4n) is 1.34. The Labute approximate surface area is 82.6 Å². The van der Waals surface area contributed by atoms with Gasteiger partial charge in [0.15, 0.2) is 5.76 Å². The lowest BCUT2D eigenvalue weighted by molar-refractivity contribution is 0.509. The van der Waals surface area contributed by atoms with Crippen LogP contribution in [0.4, 0.5) is 0 Å². The molecule has 2 aromatic rings. The molecule has 0 aliphatic rings. The first-order valence-corrected chi connectivity index (χ1v) is 4.51. The molecule has 3 nitrogen and oxygen atoms in total. The summed E-state index contributed by atoms with van der Waals surface area (Å²) in [5.41, 5.74) is 7.66. The van der Waals surface area contributed by atoms with Crippen molar-refractivity contribution in [2.75, 3.05) is 0 Å². The molecule has 0 spiro atoms. The summed E-state index contributed by atoms with van der Waals surface area (Å²) in [5.74, 6) is 1.34. The molecule has 0 saturated heterocycles. The van der Waals surface area contributed by atoms with Crippen molar-refractivity contribution in [2.45, 2.75) is 13.5 Å². The second kappa shape index (κ2) is 3.64. The maximum atomic E-state index is 5.44. The molecule has 2 rings (SSSR count).